The Bertz CT molecular complexity index is 114. The molecule has 1 aliphatic rings. The van der Waals surface area contributed by atoms with Crippen LogP contribution in [-0.4, -0.2) is 22.1 Å². The minimum Gasteiger partial charge on any atom is -0.323 e. The summed E-state index contributed by atoms with van der Waals surface area (Å²) >= 11 is 0. The summed E-state index contributed by atoms with van der Waals surface area (Å²) in [6.45, 7) is 0.463. The molecule has 4 nitrogen and oxygen atoms in total. The topological polar surface area (TPSA) is 79.5 Å². The third kappa shape index (κ3) is 1.24. The quantitative estimate of drug-likeness (QED) is 0.311. The van der Waals surface area contributed by atoms with Crippen LogP contribution in [0.3, 0.4) is 0 Å². The van der Waals surface area contributed by atoms with E-state index in [2.05, 4.69) is 5.32 Å². The molecule has 0 unspecified atom stereocenters. The van der Waals surface area contributed by atoms with Gasteiger partial charge in [-0.25, -0.2) is 0 Å². The van der Waals surface area contributed by atoms with Crippen LogP contribution in [0.2, 0.25) is 0 Å². The molecule has 0 aromatic heterocycles. The van der Waals surface area contributed by atoms with E-state index in [4.69, 9.17) is 9.79 Å². The Morgan fingerprint density at radius 1 is 1.71 bits per heavy atom. The molecular formula is C2H6NO3P. The maximum atomic E-state index is 10.0. The molecule has 1 atom stereocenters. The lowest BCUT2D eigenvalue weighted by molar-refractivity contribution is 0.370. The molecule has 1 heterocycles. The fourth-order valence-electron chi connectivity index (χ4n) is 0.291. The van der Waals surface area contributed by atoms with Gasteiger partial charge in [0.25, 0.3) is 0 Å². The lowest BCUT2D eigenvalue weighted by Crippen LogP contribution is -1.89. The van der Waals surface area contributed by atoms with E-state index < -0.39 is 13.4 Å². The van der Waals surface area contributed by atoms with Crippen LogP contribution < -0.4 is 5.32 Å². The number of nitrogens with one attached hydrogen (secondary N) is 1. The number of hydrogen-bond donors (Lipinski definition) is 3. The molecule has 5 heteroatoms. The summed E-state index contributed by atoms with van der Waals surface area (Å²) in [6, 6.07) is 0. The summed E-state index contributed by atoms with van der Waals surface area (Å²) in [5.74, 6) is -0.535. The van der Waals surface area contributed by atoms with Crippen LogP contribution in [0, 0.1) is 0 Å². The molecule has 42 valence electrons. The largest absolute Gasteiger partial charge is 0.343 e. The first-order valence-electron chi connectivity index (χ1n) is 1.89. The van der Waals surface area contributed by atoms with Gasteiger partial charge in [-0.2, -0.15) is 0 Å². The van der Waals surface area contributed by atoms with Gasteiger partial charge in [-0.15, -0.1) is 0 Å². The summed E-state index contributed by atoms with van der Waals surface area (Å²) in [5, 5.41) is 2.51. The average Bonchev–Trinajstić information content (AvgIpc) is 1.99. The smallest absolute Gasteiger partial charge is 0.323 e. The summed E-state index contributed by atoms with van der Waals surface area (Å²) in [6.07, 6.45) is 0. The fraction of sp³-hybridized carbons (Fsp3) is 1.00. The predicted molar refractivity (Wildman–Crippen MR) is 23.8 cm³/mol. The van der Waals surface area contributed by atoms with Crippen LogP contribution in [0.1, 0.15) is 0 Å². The molecule has 0 aromatic rings. The minimum atomic E-state index is -3.74. The third-order valence-corrected chi connectivity index (χ3v) is 1.97. The van der Waals surface area contributed by atoms with Crippen molar-refractivity contribution < 1.29 is 14.4 Å². The maximum Gasteiger partial charge on any atom is 0.343 e. The van der Waals surface area contributed by atoms with Gasteiger partial charge in [-0.3, -0.25) is 4.57 Å². The van der Waals surface area contributed by atoms with E-state index in [0.29, 0.717) is 6.54 Å². The van der Waals surface area contributed by atoms with Crippen LogP contribution in [-0.2, 0) is 4.57 Å². The zero-order valence-electron chi connectivity index (χ0n) is 3.53. The summed E-state index contributed by atoms with van der Waals surface area (Å²) in [4.78, 5) is 16.4. The second-order valence-corrected chi connectivity index (χ2v) is 3.31. The highest BCUT2D eigenvalue weighted by molar-refractivity contribution is 7.52. The zero-order chi connectivity index (χ0) is 5.49. The lowest BCUT2D eigenvalue weighted by Gasteiger charge is -1.94. The monoisotopic (exact) mass is 123 g/mol. The number of rotatable bonds is 1. The third-order valence-electron chi connectivity index (χ3n) is 0.793. The Morgan fingerprint density at radius 2 is 2.14 bits per heavy atom. The Labute approximate surface area is 40.7 Å². The lowest BCUT2D eigenvalue weighted by atomic mass is 11.0. The summed E-state index contributed by atoms with van der Waals surface area (Å²) in [7, 11) is -3.74. The highest BCUT2D eigenvalue weighted by Crippen LogP contribution is 2.43. The van der Waals surface area contributed by atoms with E-state index in [9.17, 15) is 4.57 Å². The van der Waals surface area contributed by atoms with E-state index in [0.717, 1.165) is 0 Å². The molecule has 0 aromatic carbocycles. The van der Waals surface area contributed by atoms with E-state index in [1.807, 2.05) is 0 Å². The highest BCUT2D eigenvalue weighted by atomic mass is 31.2. The second kappa shape index (κ2) is 1.29. The molecule has 0 spiro atoms. The van der Waals surface area contributed by atoms with E-state index in [1.165, 1.54) is 0 Å². The zero-order valence-corrected chi connectivity index (χ0v) is 4.43. The second-order valence-electron chi connectivity index (χ2n) is 1.51. The van der Waals surface area contributed by atoms with Gasteiger partial charge in [0.05, 0.1) is 0 Å². The SMILES string of the molecule is O=P(O)(O)[C@H]1CN1. The van der Waals surface area contributed by atoms with Crippen LogP contribution >= 0.6 is 7.60 Å². The molecule has 0 aliphatic carbocycles. The molecule has 1 aliphatic heterocycles. The van der Waals surface area contributed by atoms with Crippen molar-refractivity contribution in [3.8, 4) is 0 Å². The molecule has 1 saturated heterocycles. The Morgan fingerprint density at radius 3 is 2.14 bits per heavy atom. The maximum absolute atomic E-state index is 10.0. The molecular weight excluding hydrogens is 117 g/mol. The number of hydrogen-bond acceptors (Lipinski definition) is 2. The fourth-order valence-corrected chi connectivity index (χ4v) is 0.872. The van der Waals surface area contributed by atoms with Crippen molar-refractivity contribution in [2.45, 2.75) is 5.78 Å². The Hall–Kier alpha value is 0.110. The molecule has 0 radical (unpaired) electrons. The van der Waals surface area contributed by atoms with Crippen molar-refractivity contribution in [3.63, 3.8) is 0 Å². The van der Waals surface area contributed by atoms with Crippen molar-refractivity contribution in [1.82, 2.24) is 5.32 Å². The van der Waals surface area contributed by atoms with E-state index in [-0.39, 0.29) is 0 Å². The van der Waals surface area contributed by atoms with Gasteiger partial charge in [0.1, 0.15) is 5.78 Å². The molecule has 1 rings (SSSR count). The van der Waals surface area contributed by atoms with Gasteiger partial charge in [0.15, 0.2) is 0 Å². The average molecular weight is 123 g/mol. The van der Waals surface area contributed by atoms with E-state index >= 15 is 0 Å². The van der Waals surface area contributed by atoms with Crippen LogP contribution in [0.25, 0.3) is 0 Å². The molecule has 0 bridgehead atoms. The van der Waals surface area contributed by atoms with Crippen molar-refractivity contribution >= 4 is 7.60 Å². The molecule has 1 fully saturated rings. The van der Waals surface area contributed by atoms with Crippen molar-refractivity contribution in [2.75, 3.05) is 6.54 Å². The van der Waals surface area contributed by atoms with Gasteiger partial charge in [-0.1, -0.05) is 0 Å². The minimum absolute atomic E-state index is 0.463. The van der Waals surface area contributed by atoms with Crippen molar-refractivity contribution in [1.29, 1.82) is 0 Å². The first-order valence-corrected chi connectivity index (χ1v) is 3.57. The summed E-state index contributed by atoms with van der Waals surface area (Å²) in [5.41, 5.74) is 0. The van der Waals surface area contributed by atoms with Crippen molar-refractivity contribution in [2.24, 2.45) is 0 Å². The first kappa shape index (κ1) is 5.25. The van der Waals surface area contributed by atoms with Crippen LogP contribution in [0.15, 0.2) is 0 Å². The first-order chi connectivity index (χ1) is 3.11. The van der Waals surface area contributed by atoms with Gasteiger partial charge in [-0.05, 0) is 0 Å². The summed E-state index contributed by atoms with van der Waals surface area (Å²) < 4.78 is 10.0. The van der Waals surface area contributed by atoms with Crippen LogP contribution in [0.4, 0.5) is 0 Å². The Kier molecular flexibility index (Phi) is 0.970. The Balaban J connectivity index is 2.52. The molecule has 0 amide bonds. The standard InChI is InChI=1S/C2H6NO3P/c4-7(5,6)2-1-3-2/h2-3H,1H2,(H2,4,5,6)/t2-/m0/s1. The van der Waals surface area contributed by atoms with Gasteiger partial charge in [0.2, 0.25) is 0 Å². The van der Waals surface area contributed by atoms with Crippen LogP contribution in [0.5, 0.6) is 0 Å². The highest BCUT2D eigenvalue weighted by Gasteiger charge is 2.37. The molecule has 3 N–H and O–H groups in total. The van der Waals surface area contributed by atoms with Gasteiger partial charge < -0.3 is 15.1 Å². The molecule has 0 saturated carbocycles. The normalized spacial score (nSPS) is 30.3. The van der Waals surface area contributed by atoms with Gasteiger partial charge >= 0.3 is 7.60 Å². The molecule has 7 heavy (non-hydrogen) atoms. The van der Waals surface area contributed by atoms with Crippen molar-refractivity contribution in [3.05, 3.63) is 0 Å². The van der Waals surface area contributed by atoms with E-state index in [1.54, 1.807) is 0 Å². The predicted octanol–water partition coefficient (Wildman–Crippen LogP) is -0.907. The van der Waals surface area contributed by atoms with Gasteiger partial charge in [0, 0.05) is 6.54 Å².